The molecule has 0 saturated carbocycles. The molecule has 0 saturated heterocycles. The van der Waals surface area contributed by atoms with Gasteiger partial charge in [0.2, 0.25) is 0 Å². The highest BCUT2D eigenvalue weighted by molar-refractivity contribution is 9.10. The Morgan fingerprint density at radius 2 is 2.05 bits per heavy atom. The van der Waals surface area contributed by atoms with E-state index in [1.165, 1.54) is 4.68 Å². The van der Waals surface area contributed by atoms with Gasteiger partial charge in [-0.3, -0.25) is 0 Å². The summed E-state index contributed by atoms with van der Waals surface area (Å²) in [5, 5.41) is 7.98. The van der Waals surface area contributed by atoms with Crippen LogP contribution >= 0.6 is 15.9 Å². The van der Waals surface area contributed by atoms with E-state index in [0.29, 0.717) is 0 Å². The van der Waals surface area contributed by atoms with E-state index in [4.69, 9.17) is 0 Å². The Balaban J connectivity index is 1.95. The van der Waals surface area contributed by atoms with E-state index in [-0.39, 0.29) is 6.03 Å². The van der Waals surface area contributed by atoms with Crippen molar-refractivity contribution in [1.29, 1.82) is 0 Å². The number of benzene rings is 2. The van der Waals surface area contributed by atoms with Crippen molar-refractivity contribution in [3.8, 4) is 0 Å². The predicted molar refractivity (Wildman–Crippen MR) is 83.0 cm³/mol. The number of anilines is 1. The van der Waals surface area contributed by atoms with Crippen molar-refractivity contribution in [3.63, 3.8) is 0 Å². The van der Waals surface area contributed by atoms with E-state index in [1.54, 1.807) is 6.20 Å². The molecule has 3 rings (SSSR count). The fourth-order valence-corrected chi connectivity index (χ4v) is 2.50. The number of aryl methyl sites for hydroxylation is 1. The Hall–Kier alpha value is -2.14. The number of nitrogens with zero attached hydrogens (tertiary/aromatic N) is 2. The number of amides is 1. The topological polar surface area (TPSA) is 46.9 Å². The molecule has 20 heavy (non-hydrogen) atoms. The van der Waals surface area contributed by atoms with Gasteiger partial charge in [0.25, 0.3) is 0 Å². The fraction of sp³-hybridized carbons (Fsp3) is 0.0667. The molecule has 0 aliphatic carbocycles. The molecule has 0 bridgehead atoms. The summed E-state index contributed by atoms with van der Waals surface area (Å²) in [6.45, 7) is 2.00. The third-order valence-electron chi connectivity index (χ3n) is 3.10. The zero-order valence-corrected chi connectivity index (χ0v) is 12.4. The van der Waals surface area contributed by atoms with Crippen LogP contribution in [-0.2, 0) is 0 Å². The van der Waals surface area contributed by atoms with Gasteiger partial charge in [-0.25, -0.2) is 4.79 Å². The molecule has 0 aliphatic rings. The van der Waals surface area contributed by atoms with Crippen LogP contribution < -0.4 is 5.32 Å². The summed E-state index contributed by atoms with van der Waals surface area (Å²) < 4.78 is 2.29. The smallest absolute Gasteiger partial charge is 0.306 e. The molecule has 0 atom stereocenters. The molecule has 0 unspecified atom stereocenters. The van der Waals surface area contributed by atoms with Crippen molar-refractivity contribution >= 4 is 38.6 Å². The first-order valence-electron chi connectivity index (χ1n) is 6.15. The molecular weight excluding hydrogens is 318 g/mol. The van der Waals surface area contributed by atoms with Crippen LogP contribution in [0.25, 0.3) is 10.9 Å². The number of aromatic nitrogens is 2. The molecule has 1 N–H and O–H groups in total. The Labute approximate surface area is 124 Å². The van der Waals surface area contributed by atoms with Crippen LogP contribution in [0.5, 0.6) is 0 Å². The lowest BCUT2D eigenvalue weighted by molar-refractivity contribution is 0.252. The van der Waals surface area contributed by atoms with E-state index < -0.39 is 0 Å². The second kappa shape index (κ2) is 5.09. The third-order valence-corrected chi connectivity index (χ3v) is 3.59. The fourth-order valence-electron chi connectivity index (χ4n) is 2.10. The van der Waals surface area contributed by atoms with Crippen LogP contribution in [0, 0.1) is 6.92 Å². The highest BCUT2D eigenvalue weighted by Gasteiger charge is 2.11. The first kappa shape index (κ1) is 12.9. The van der Waals surface area contributed by atoms with Crippen molar-refractivity contribution < 1.29 is 4.79 Å². The second-order valence-electron chi connectivity index (χ2n) is 4.50. The molecule has 0 spiro atoms. The van der Waals surface area contributed by atoms with Crippen LogP contribution in [-0.4, -0.2) is 15.8 Å². The molecule has 3 aromatic rings. The number of halogens is 1. The lowest BCUT2D eigenvalue weighted by Crippen LogP contribution is -2.20. The highest BCUT2D eigenvalue weighted by atomic mass is 79.9. The normalized spacial score (nSPS) is 10.7. The molecule has 5 heteroatoms. The summed E-state index contributed by atoms with van der Waals surface area (Å²) in [6, 6.07) is 13.0. The summed E-state index contributed by atoms with van der Waals surface area (Å²) in [6.07, 6.45) is 1.71. The van der Waals surface area contributed by atoms with Gasteiger partial charge in [0.05, 0.1) is 11.7 Å². The Kier molecular flexibility index (Phi) is 3.28. The maximum Gasteiger partial charge on any atom is 0.347 e. The number of nitrogens with one attached hydrogen (secondary N) is 1. The highest BCUT2D eigenvalue weighted by Crippen LogP contribution is 2.19. The van der Waals surface area contributed by atoms with Gasteiger partial charge in [-0.05, 0) is 36.8 Å². The Morgan fingerprint density at radius 3 is 2.85 bits per heavy atom. The molecule has 1 heterocycles. The first-order chi connectivity index (χ1) is 9.65. The zero-order chi connectivity index (χ0) is 14.1. The summed E-state index contributed by atoms with van der Waals surface area (Å²) in [4.78, 5) is 12.3. The lowest BCUT2D eigenvalue weighted by Gasteiger charge is -2.06. The van der Waals surface area contributed by atoms with Gasteiger partial charge >= 0.3 is 6.03 Å². The SMILES string of the molecule is Cc1cccc2c1cnn2C(=O)Nc1cccc(Br)c1. The molecular formula is C15H12BrN3O. The number of hydrogen-bond donors (Lipinski definition) is 1. The largest absolute Gasteiger partial charge is 0.347 e. The minimum atomic E-state index is -0.274. The quantitative estimate of drug-likeness (QED) is 0.727. The van der Waals surface area contributed by atoms with E-state index in [1.807, 2.05) is 49.4 Å². The van der Waals surface area contributed by atoms with E-state index in [0.717, 1.165) is 26.6 Å². The Bertz CT molecular complexity index is 795. The average molecular weight is 330 g/mol. The summed E-state index contributed by atoms with van der Waals surface area (Å²) in [5.74, 6) is 0. The molecule has 0 fully saturated rings. The van der Waals surface area contributed by atoms with Gasteiger partial charge in [-0.15, -0.1) is 0 Å². The monoisotopic (exact) mass is 329 g/mol. The number of carbonyl (C=O) groups is 1. The third kappa shape index (κ3) is 2.32. The van der Waals surface area contributed by atoms with Crippen molar-refractivity contribution in [2.24, 2.45) is 0 Å². The van der Waals surface area contributed by atoms with Gasteiger partial charge in [-0.1, -0.05) is 34.1 Å². The van der Waals surface area contributed by atoms with E-state index in [9.17, 15) is 4.79 Å². The summed E-state index contributed by atoms with van der Waals surface area (Å²) in [7, 11) is 0. The molecule has 4 nitrogen and oxygen atoms in total. The van der Waals surface area contributed by atoms with Crippen LogP contribution in [0.3, 0.4) is 0 Å². The number of carbonyl (C=O) groups excluding carboxylic acids is 1. The van der Waals surface area contributed by atoms with Crippen LogP contribution in [0.4, 0.5) is 10.5 Å². The van der Waals surface area contributed by atoms with E-state index >= 15 is 0 Å². The van der Waals surface area contributed by atoms with Crippen molar-refractivity contribution in [3.05, 3.63) is 58.7 Å². The van der Waals surface area contributed by atoms with Crippen molar-refractivity contribution in [1.82, 2.24) is 9.78 Å². The standard InChI is InChI=1S/C15H12BrN3O/c1-10-4-2-7-14-13(10)9-17-19(14)15(20)18-12-6-3-5-11(16)8-12/h2-9H,1H3,(H,18,20). The number of fused-ring (bicyclic) bond motifs is 1. The minimum Gasteiger partial charge on any atom is -0.306 e. The minimum absolute atomic E-state index is 0.274. The molecule has 1 amide bonds. The van der Waals surface area contributed by atoms with Gasteiger partial charge in [0.15, 0.2) is 0 Å². The van der Waals surface area contributed by atoms with Gasteiger partial charge < -0.3 is 5.32 Å². The maximum atomic E-state index is 12.3. The number of hydrogen-bond acceptors (Lipinski definition) is 2. The molecule has 1 aromatic heterocycles. The van der Waals surface area contributed by atoms with Crippen LogP contribution in [0.1, 0.15) is 5.56 Å². The molecule has 2 aromatic carbocycles. The molecule has 0 aliphatic heterocycles. The summed E-state index contributed by atoms with van der Waals surface area (Å²) >= 11 is 3.38. The van der Waals surface area contributed by atoms with Gasteiger partial charge in [0, 0.05) is 15.5 Å². The maximum absolute atomic E-state index is 12.3. The first-order valence-corrected chi connectivity index (χ1v) is 6.95. The predicted octanol–water partition coefficient (Wildman–Crippen LogP) is 4.19. The summed E-state index contributed by atoms with van der Waals surface area (Å²) in [5.41, 5.74) is 2.63. The van der Waals surface area contributed by atoms with Crippen molar-refractivity contribution in [2.45, 2.75) is 6.92 Å². The van der Waals surface area contributed by atoms with Crippen LogP contribution in [0.15, 0.2) is 53.1 Å². The Morgan fingerprint density at radius 1 is 1.25 bits per heavy atom. The second-order valence-corrected chi connectivity index (χ2v) is 5.42. The van der Waals surface area contributed by atoms with E-state index in [2.05, 4.69) is 26.3 Å². The van der Waals surface area contributed by atoms with Gasteiger partial charge in [0.1, 0.15) is 0 Å². The van der Waals surface area contributed by atoms with Crippen LogP contribution in [0.2, 0.25) is 0 Å². The number of rotatable bonds is 1. The molecule has 100 valence electrons. The molecule has 0 radical (unpaired) electrons. The zero-order valence-electron chi connectivity index (χ0n) is 10.8. The van der Waals surface area contributed by atoms with Gasteiger partial charge in [-0.2, -0.15) is 9.78 Å². The lowest BCUT2D eigenvalue weighted by atomic mass is 10.1. The van der Waals surface area contributed by atoms with Crippen molar-refractivity contribution in [2.75, 3.05) is 5.32 Å². The average Bonchev–Trinajstić information content (AvgIpc) is 2.84.